The lowest BCUT2D eigenvalue weighted by molar-refractivity contribution is -0.142. The Morgan fingerprint density at radius 1 is 0.761 bits per heavy atom. The van der Waals surface area contributed by atoms with E-state index >= 15 is 0 Å². The predicted molar refractivity (Wildman–Crippen MR) is 248 cm³/mol. The molecule has 360 valence electrons. The summed E-state index contributed by atoms with van der Waals surface area (Å²) >= 11 is 0. The molecule has 1 fully saturated rings. The molecule has 5 rings (SSSR count). The monoisotopic (exact) mass is 944 g/mol. The van der Waals surface area contributed by atoms with Crippen molar-refractivity contribution in [2.24, 2.45) is 0 Å². The molecule has 0 spiro atoms. The number of rotatable bonds is 22. The first-order valence-electron chi connectivity index (χ1n) is 22.3. The Kier molecular flexibility index (Phi) is 17.8. The third-order valence-corrected chi connectivity index (χ3v) is 11.9. The van der Waals surface area contributed by atoms with E-state index in [9.17, 15) is 51.6 Å². The molecule has 1 saturated heterocycles. The molecule has 19 heteroatoms. The van der Waals surface area contributed by atoms with Crippen molar-refractivity contribution in [1.29, 1.82) is 0 Å². The molecule has 67 heavy (non-hydrogen) atoms. The molecule has 18 nitrogen and oxygen atoms in total. The molecule has 6 amide bonds. The summed E-state index contributed by atoms with van der Waals surface area (Å²) < 4.78 is 37.3. The molecule has 4 aromatic rings. The minimum Gasteiger partial charge on any atom is -0.481 e. The number of furan rings is 1. The number of carboxylic acid groups (broad SMARTS) is 1. The maximum atomic E-state index is 14.5. The highest BCUT2D eigenvalue weighted by atomic mass is 32.2. The smallest absolute Gasteiger partial charge is 0.303 e. The number of amides is 6. The van der Waals surface area contributed by atoms with Crippen LogP contribution in [0.2, 0.25) is 0 Å². The lowest BCUT2D eigenvalue weighted by atomic mass is 9.97. The Bertz CT molecular complexity index is 2500. The Morgan fingerprint density at radius 3 is 2.06 bits per heavy atom. The number of nitrogens with zero attached hydrogens (tertiary/aromatic N) is 1. The largest absolute Gasteiger partial charge is 0.481 e. The first kappa shape index (κ1) is 51.4. The van der Waals surface area contributed by atoms with Crippen molar-refractivity contribution in [1.82, 2.24) is 31.5 Å². The first-order chi connectivity index (χ1) is 31.7. The third-order valence-electron chi connectivity index (χ3n) is 11.2. The molecule has 0 radical (unpaired) electrons. The van der Waals surface area contributed by atoms with Crippen molar-refractivity contribution in [3.63, 3.8) is 0 Å². The molecule has 2 heterocycles. The van der Waals surface area contributed by atoms with Crippen LogP contribution < -0.4 is 26.6 Å². The van der Waals surface area contributed by atoms with Gasteiger partial charge in [-0.3, -0.25) is 38.1 Å². The quantitative estimate of drug-likeness (QED) is 0.0555. The zero-order valence-corrected chi connectivity index (χ0v) is 38.9. The van der Waals surface area contributed by atoms with Gasteiger partial charge in [-0.1, -0.05) is 80.1 Å². The number of hydrogen-bond donors (Lipinski definition) is 7. The summed E-state index contributed by atoms with van der Waals surface area (Å²) in [6.07, 6.45) is 2.40. The molecular formula is C48H60N6O12S. The van der Waals surface area contributed by atoms with E-state index in [1.165, 1.54) is 35.4 Å². The molecule has 0 unspecified atom stereocenters. The summed E-state index contributed by atoms with van der Waals surface area (Å²) in [6.45, 7) is 7.30. The third kappa shape index (κ3) is 15.5. The normalized spacial score (nSPS) is 15.7. The van der Waals surface area contributed by atoms with E-state index in [-0.39, 0.29) is 57.3 Å². The lowest BCUT2D eigenvalue weighted by Crippen LogP contribution is -2.59. The van der Waals surface area contributed by atoms with Crippen molar-refractivity contribution in [3.8, 4) is 0 Å². The van der Waals surface area contributed by atoms with E-state index in [4.69, 9.17) is 4.42 Å². The van der Waals surface area contributed by atoms with Crippen LogP contribution in [-0.2, 0) is 57.5 Å². The highest BCUT2D eigenvalue weighted by Gasteiger charge is 2.40. The summed E-state index contributed by atoms with van der Waals surface area (Å²) in [5, 5.41) is 25.0. The van der Waals surface area contributed by atoms with Crippen LogP contribution in [0.15, 0.2) is 89.5 Å². The predicted octanol–water partition coefficient (Wildman–Crippen LogP) is 3.82. The molecule has 3 aromatic carbocycles. The van der Waals surface area contributed by atoms with Crippen LogP contribution in [-0.4, -0.2) is 107 Å². The Labute approximate surface area is 389 Å². The summed E-state index contributed by atoms with van der Waals surface area (Å²) in [6, 6.07) is 16.3. The van der Waals surface area contributed by atoms with Crippen LogP contribution in [0, 0.1) is 0 Å². The second-order valence-electron chi connectivity index (χ2n) is 17.8. The minimum atomic E-state index is -4.30. The van der Waals surface area contributed by atoms with Gasteiger partial charge in [-0.15, -0.1) is 0 Å². The van der Waals surface area contributed by atoms with Crippen LogP contribution >= 0.6 is 0 Å². The van der Waals surface area contributed by atoms with E-state index < -0.39 is 93.0 Å². The zero-order valence-electron chi connectivity index (χ0n) is 38.1. The maximum Gasteiger partial charge on any atom is 0.303 e. The Hall–Kier alpha value is -6.60. The summed E-state index contributed by atoms with van der Waals surface area (Å²) in [4.78, 5) is 96.7. The van der Waals surface area contributed by atoms with Crippen molar-refractivity contribution >= 4 is 62.3 Å². The Morgan fingerprint density at radius 2 is 1.42 bits per heavy atom. The van der Waals surface area contributed by atoms with E-state index in [0.717, 1.165) is 16.3 Å². The van der Waals surface area contributed by atoms with Crippen LogP contribution in [0.25, 0.3) is 10.8 Å². The van der Waals surface area contributed by atoms with Gasteiger partial charge < -0.3 is 41.0 Å². The van der Waals surface area contributed by atoms with Gasteiger partial charge in [0.15, 0.2) is 5.76 Å². The topological polar surface area (TPSA) is 271 Å². The Balaban J connectivity index is 1.37. The van der Waals surface area contributed by atoms with Gasteiger partial charge >= 0.3 is 5.97 Å². The summed E-state index contributed by atoms with van der Waals surface area (Å²) in [5.41, 5.74) is 0.879. The average Bonchev–Trinajstić information content (AvgIpc) is 3.99. The number of carbonyl (C=O) groups is 7. The molecule has 0 bridgehead atoms. The molecule has 7 N–H and O–H groups in total. The maximum absolute atomic E-state index is 14.5. The summed E-state index contributed by atoms with van der Waals surface area (Å²) in [5.74, 6) is -5.54. The lowest BCUT2D eigenvalue weighted by Gasteiger charge is -2.31. The zero-order chi connectivity index (χ0) is 48.9. The van der Waals surface area contributed by atoms with Gasteiger partial charge in [0.05, 0.1) is 6.26 Å². The standard InChI is InChI=1S/C48H60N6O12S/c1-5-12-36(50-42(57)37(52-46(61)40-19-11-26-66-40)27-30-21-23-31(24-22-30)29-67(63,64)65)47(62)54-25-10-18-39(54)45(60)51-38(28-33-15-8-14-32-13-6-7-16-34(32)33)43(58)49-35(17-9-20-41(55)56)44(59)53-48(2,3)4/h6-8,11,13-16,19,21-24,26,35-39H,5,9-10,12,17-18,20,25,27-29H2,1-4H3,(H,49,58)(H,50,57)(H,51,60)(H,52,61)(H,53,59)(H,55,56)(H,63,64,65)/t35-,36-,37-,38-,39-/m0/s1. The number of likely N-dealkylation sites (tertiary alicyclic amines) is 1. The number of nitrogens with one attached hydrogen (secondary N) is 5. The van der Waals surface area contributed by atoms with Crippen molar-refractivity contribution < 1.29 is 56.1 Å². The number of hydrogen-bond acceptors (Lipinski definition) is 10. The van der Waals surface area contributed by atoms with Crippen LogP contribution in [0.5, 0.6) is 0 Å². The van der Waals surface area contributed by atoms with Gasteiger partial charge in [0.1, 0.15) is 36.0 Å². The van der Waals surface area contributed by atoms with E-state index in [1.54, 1.807) is 32.9 Å². The fourth-order valence-electron chi connectivity index (χ4n) is 8.01. The van der Waals surface area contributed by atoms with Gasteiger partial charge in [0.2, 0.25) is 29.5 Å². The molecule has 0 saturated carbocycles. The molecule has 1 aliphatic heterocycles. The average molecular weight is 945 g/mol. The summed E-state index contributed by atoms with van der Waals surface area (Å²) in [7, 11) is -4.30. The highest BCUT2D eigenvalue weighted by Crippen LogP contribution is 2.23. The van der Waals surface area contributed by atoms with Gasteiger partial charge in [-0.25, -0.2) is 0 Å². The van der Waals surface area contributed by atoms with E-state index in [1.807, 2.05) is 49.4 Å². The van der Waals surface area contributed by atoms with Gasteiger partial charge in [-0.05, 0) is 92.5 Å². The van der Waals surface area contributed by atoms with Crippen LogP contribution in [0.4, 0.5) is 0 Å². The number of carboxylic acids is 1. The number of carbonyl (C=O) groups excluding carboxylic acids is 6. The fourth-order valence-corrected chi connectivity index (χ4v) is 8.62. The molecular weight excluding hydrogens is 885 g/mol. The second-order valence-corrected chi connectivity index (χ2v) is 19.2. The SMILES string of the molecule is CCC[C@H](NC(=O)[C@H](Cc1ccc(CS(=O)(=O)O)cc1)NC(=O)c1ccco1)C(=O)N1CCC[C@H]1C(=O)N[C@@H](Cc1cccc2ccccc12)C(=O)N[C@@H](CCCC(=O)O)C(=O)NC(C)(C)C. The van der Waals surface area contributed by atoms with Crippen molar-refractivity contribution in [2.45, 2.75) is 127 Å². The molecule has 5 atom stereocenters. The number of benzene rings is 3. The highest BCUT2D eigenvalue weighted by molar-refractivity contribution is 7.85. The van der Waals surface area contributed by atoms with Gasteiger partial charge in [0, 0.05) is 31.3 Å². The van der Waals surface area contributed by atoms with E-state index in [2.05, 4.69) is 26.6 Å². The minimum absolute atomic E-state index is 0.00518. The number of fused-ring (bicyclic) bond motifs is 1. The van der Waals surface area contributed by atoms with Crippen LogP contribution in [0.3, 0.4) is 0 Å². The first-order valence-corrected chi connectivity index (χ1v) is 23.9. The van der Waals surface area contributed by atoms with Crippen LogP contribution in [0.1, 0.15) is 99.9 Å². The fraction of sp³-hybridized carbons (Fsp3) is 0.438. The molecule has 1 aromatic heterocycles. The second kappa shape index (κ2) is 23.2. The molecule has 0 aliphatic carbocycles. The van der Waals surface area contributed by atoms with Gasteiger partial charge in [0.25, 0.3) is 16.0 Å². The van der Waals surface area contributed by atoms with Gasteiger partial charge in [-0.2, -0.15) is 8.42 Å². The van der Waals surface area contributed by atoms with Crippen molar-refractivity contribution in [3.05, 3.63) is 108 Å². The molecule has 1 aliphatic rings. The van der Waals surface area contributed by atoms with Crippen molar-refractivity contribution in [2.75, 3.05) is 6.54 Å². The van der Waals surface area contributed by atoms with E-state index in [0.29, 0.717) is 24.0 Å². The number of aliphatic carboxylic acids is 1.